The Balaban J connectivity index is 2.68. The fourth-order valence-corrected chi connectivity index (χ4v) is 2.32. The minimum absolute atomic E-state index is 0.867. The largest absolute Gasteiger partial charge is 0.428 e. The number of aryl methyl sites for hydroxylation is 2. The lowest BCUT2D eigenvalue weighted by molar-refractivity contribution is 0.213. The summed E-state index contributed by atoms with van der Waals surface area (Å²) in [6, 6.07) is 11.9. The first kappa shape index (κ1) is 9.28. The molecule has 2 aromatic carbocycles. The summed E-state index contributed by atoms with van der Waals surface area (Å²) in [5, 5.41) is 12.3. The quantitative estimate of drug-likeness (QED) is 0.564. The highest BCUT2D eigenvalue weighted by atomic mass is 16.5. The monoisotopic (exact) mass is 211 g/mol. The molecule has 0 unspecified atom stereocenters. The van der Waals surface area contributed by atoms with Gasteiger partial charge in [-0.3, -0.25) is 0 Å². The lowest BCUT2D eigenvalue weighted by atomic mass is 10.0. The topological polar surface area (TPSA) is 25.2 Å². The molecule has 2 nitrogen and oxygen atoms in total. The van der Waals surface area contributed by atoms with E-state index in [0.717, 1.165) is 21.8 Å². The Morgan fingerprint density at radius 2 is 1.69 bits per heavy atom. The van der Waals surface area contributed by atoms with Crippen LogP contribution < -0.4 is 0 Å². The van der Waals surface area contributed by atoms with Crippen LogP contribution in [0, 0.1) is 13.8 Å². The molecule has 0 radical (unpaired) electrons. The predicted octanol–water partition coefficient (Wildman–Crippen LogP) is 3.65. The van der Waals surface area contributed by atoms with Gasteiger partial charge in [0.1, 0.15) is 0 Å². The summed E-state index contributed by atoms with van der Waals surface area (Å²) in [5.41, 5.74) is 4.24. The van der Waals surface area contributed by atoms with E-state index >= 15 is 0 Å². The van der Waals surface area contributed by atoms with Crippen molar-refractivity contribution in [3.05, 3.63) is 47.5 Å². The summed E-state index contributed by atoms with van der Waals surface area (Å²) < 4.78 is 1.27. The maximum atomic E-state index is 10.1. The summed E-state index contributed by atoms with van der Waals surface area (Å²) in [6.07, 6.45) is 0. The van der Waals surface area contributed by atoms with Crippen LogP contribution in [0.4, 0.5) is 0 Å². The minimum Gasteiger partial charge on any atom is -0.428 e. The van der Waals surface area contributed by atoms with Crippen molar-refractivity contribution in [1.82, 2.24) is 4.73 Å². The van der Waals surface area contributed by atoms with Crippen LogP contribution in [0.15, 0.2) is 36.4 Å². The van der Waals surface area contributed by atoms with Gasteiger partial charge in [-0.1, -0.05) is 24.3 Å². The number of fused-ring (bicyclic) bond motifs is 3. The Hall–Kier alpha value is -1.96. The Morgan fingerprint density at radius 3 is 2.50 bits per heavy atom. The van der Waals surface area contributed by atoms with Gasteiger partial charge in [-0.2, -0.15) is 4.73 Å². The average Bonchev–Trinajstić information content (AvgIpc) is 2.59. The summed E-state index contributed by atoms with van der Waals surface area (Å²) in [6.45, 7) is 4.20. The maximum Gasteiger partial charge on any atom is 0.0881 e. The molecule has 0 atom stereocenters. The van der Waals surface area contributed by atoms with Gasteiger partial charge < -0.3 is 5.21 Å². The molecule has 3 rings (SSSR count). The Labute approximate surface area is 93.7 Å². The van der Waals surface area contributed by atoms with Gasteiger partial charge in [-0.05, 0) is 37.1 Å². The van der Waals surface area contributed by atoms with Crippen molar-refractivity contribution in [3.63, 3.8) is 0 Å². The van der Waals surface area contributed by atoms with Crippen molar-refractivity contribution in [2.45, 2.75) is 13.8 Å². The smallest absolute Gasteiger partial charge is 0.0881 e. The summed E-state index contributed by atoms with van der Waals surface area (Å²) >= 11 is 0. The van der Waals surface area contributed by atoms with E-state index in [1.165, 1.54) is 15.9 Å². The van der Waals surface area contributed by atoms with Crippen molar-refractivity contribution < 1.29 is 5.21 Å². The minimum atomic E-state index is 0.867. The number of aromatic nitrogens is 1. The Bertz CT molecular complexity index is 695. The molecule has 0 aliphatic carbocycles. The second-order valence-electron chi connectivity index (χ2n) is 4.23. The molecule has 2 heteroatoms. The SMILES string of the molecule is Cc1ccc2c(c1C)c1ccccc1n2O. The molecule has 0 amide bonds. The first-order chi connectivity index (χ1) is 7.70. The lowest BCUT2D eigenvalue weighted by Gasteiger charge is -2.01. The van der Waals surface area contributed by atoms with Gasteiger partial charge in [0.25, 0.3) is 0 Å². The molecule has 1 N–H and O–H groups in total. The van der Waals surface area contributed by atoms with Crippen molar-refractivity contribution >= 4 is 21.8 Å². The van der Waals surface area contributed by atoms with E-state index in [4.69, 9.17) is 0 Å². The van der Waals surface area contributed by atoms with Crippen LogP contribution in [-0.2, 0) is 0 Å². The predicted molar refractivity (Wildman–Crippen MR) is 66.1 cm³/mol. The second-order valence-corrected chi connectivity index (χ2v) is 4.23. The molecule has 0 saturated heterocycles. The maximum absolute atomic E-state index is 10.1. The van der Waals surface area contributed by atoms with Crippen molar-refractivity contribution in [2.24, 2.45) is 0 Å². The molecule has 3 aromatic rings. The molecule has 1 aromatic heterocycles. The van der Waals surface area contributed by atoms with Crippen molar-refractivity contribution in [3.8, 4) is 0 Å². The van der Waals surface area contributed by atoms with Crippen molar-refractivity contribution in [1.29, 1.82) is 0 Å². The van der Waals surface area contributed by atoms with E-state index in [9.17, 15) is 5.21 Å². The third-order valence-corrected chi connectivity index (χ3v) is 3.34. The summed E-state index contributed by atoms with van der Waals surface area (Å²) in [4.78, 5) is 0. The zero-order valence-corrected chi connectivity index (χ0v) is 9.36. The molecule has 0 aliphatic rings. The molecular weight excluding hydrogens is 198 g/mol. The molecule has 0 aliphatic heterocycles. The second kappa shape index (κ2) is 3.01. The Kier molecular flexibility index (Phi) is 1.75. The number of nitrogens with zero attached hydrogens (tertiary/aromatic N) is 1. The third-order valence-electron chi connectivity index (χ3n) is 3.34. The van der Waals surface area contributed by atoms with Gasteiger partial charge in [0, 0.05) is 10.8 Å². The van der Waals surface area contributed by atoms with Gasteiger partial charge in [0.15, 0.2) is 0 Å². The normalized spacial score (nSPS) is 11.4. The number of para-hydroxylation sites is 1. The Morgan fingerprint density at radius 1 is 0.938 bits per heavy atom. The summed E-state index contributed by atoms with van der Waals surface area (Å²) in [5.74, 6) is 0. The highest BCUT2D eigenvalue weighted by molar-refractivity contribution is 6.09. The van der Waals surface area contributed by atoms with Crippen LogP contribution in [0.25, 0.3) is 21.8 Å². The van der Waals surface area contributed by atoms with E-state index in [0.29, 0.717) is 0 Å². The molecule has 0 saturated carbocycles. The number of hydrogen-bond acceptors (Lipinski definition) is 1. The molecule has 16 heavy (non-hydrogen) atoms. The van der Waals surface area contributed by atoms with Gasteiger partial charge in [-0.15, -0.1) is 0 Å². The van der Waals surface area contributed by atoms with Gasteiger partial charge in [-0.25, -0.2) is 0 Å². The molecule has 1 heterocycles. The first-order valence-corrected chi connectivity index (χ1v) is 5.39. The van der Waals surface area contributed by atoms with Crippen LogP contribution in [0.3, 0.4) is 0 Å². The zero-order chi connectivity index (χ0) is 11.3. The van der Waals surface area contributed by atoms with Crippen molar-refractivity contribution in [2.75, 3.05) is 0 Å². The highest BCUT2D eigenvalue weighted by Crippen LogP contribution is 2.31. The van der Waals surface area contributed by atoms with Gasteiger partial charge >= 0.3 is 0 Å². The number of hydrogen-bond donors (Lipinski definition) is 1. The van der Waals surface area contributed by atoms with E-state index in [1.807, 2.05) is 30.3 Å². The van der Waals surface area contributed by atoms with Gasteiger partial charge in [0.2, 0.25) is 0 Å². The molecule has 80 valence electrons. The summed E-state index contributed by atoms with van der Waals surface area (Å²) in [7, 11) is 0. The van der Waals surface area contributed by atoms with Crippen LogP contribution in [0.5, 0.6) is 0 Å². The fourth-order valence-electron chi connectivity index (χ4n) is 2.32. The molecule has 0 spiro atoms. The standard InChI is InChI=1S/C14H13NO/c1-9-7-8-13-14(10(9)2)11-5-3-4-6-12(11)15(13)16/h3-8,16H,1-2H3. The molecule has 0 fully saturated rings. The number of benzene rings is 2. The zero-order valence-electron chi connectivity index (χ0n) is 9.36. The average molecular weight is 211 g/mol. The van der Waals surface area contributed by atoms with Crippen LogP contribution in [0.1, 0.15) is 11.1 Å². The number of rotatable bonds is 0. The highest BCUT2D eigenvalue weighted by Gasteiger charge is 2.11. The fraction of sp³-hybridized carbons (Fsp3) is 0.143. The molecular formula is C14H13NO. The van der Waals surface area contributed by atoms with E-state index in [-0.39, 0.29) is 0 Å². The van der Waals surface area contributed by atoms with E-state index in [1.54, 1.807) is 0 Å². The van der Waals surface area contributed by atoms with Crippen LogP contribution >= 0.6 is 0 Å². The first-order valence-electron chi connectivity index (χ1n) is 5.39. The third kappa shape index (κ3) is 1.01. The van der Waals surface area contributed by atoms with E-state index in [2.05, 4.69) is 19.9 Å². The molecule has 0 bridgehead atoms. The lowest BCUT2D eigenvalue weighted by Crippen LogP contribution is -1.89. The van der Waals surface area contributed by atoms with E-state index < -0.39 is 0 Å². The van der Waals surface area contributed by atoms with Crippen LogP contribution in [0.2, 0.25) is 0 Å². The van der Waals surface area contributed by atoms with Crippen LogP contribution in [-0.4, -0.2) is 9.94 Å². The van der Waals surface area contributed by atoms with Gasteiger partial charge in [0.05, 0.1) is 11.0 Å².